The number of aromatic nitrogens is 1. The maximum absolute atomic E-state index is 11.7. The van der Waals surface area contributed by atoms with E-state index in [1.54, 1.807) is 5.38 Å². The molecular weight excluding hydrogens is 246 g/mol. The van der Waals surface area contributed by atoms with Gasteiger partial charge in [-0.1, -0.05) is 0 Å². The molecule has 90 valence electrons. The van der Waals surface area contributed by atoms with E-state index in [0.717, 1.165) is 12.8 Å². The maximum Gasteiger partial charge on any atom is 0.234 e. The van der Waals surface area contributed by atoms with Crippen molar-refractivity contribution in [3.63, 3.8) is 0 Å². The molecule has 1 fully saturated rings. The van der Waals surface area contributed by atoms with E-state index >= 15 is 0 Å². The van der Waals surface area contributed by atoms with Crippen molar-refractivity contribution in [3.8, 4) is 0 Å². The first-order valence-electron chi connectivity index (χ1n) is 5.18. The number of nitrogens with two attached hydrogens (primary N) is 1. The van der Waals surface area contributed by atoms with Gasteiger partial charge in [-0.2, -0.15) is 0 Å². The molecule has 1 heterocycles. The van der Waals surface area contributed by atoms with Crippen molar-refractivity contribution in [2.45, 2.75) is 25.8 Å². The lowest BCUT2D eigenvalue weighted by molar-refractivity contribution is 0.597. The maximum atomic E-state index is 11.7. The van der Waals surface area contributed by atoms with Crippen LogP contribution < -0.4 is 10.5 Å². The largest absolute Gasteiger partial charge is 0.323 e. The molecular formula is C9H15N3O2S2. The molecule has 5 nitrogen and oxygen atoms in total. The van der Waals surface area contributed by atoms with Gasteiger partial charge in [0.25, 0.3) is 0 Å². The summed E-state index contributed by atoms with van der Waals surface area (Å²) in [5.41, 5.74) is 6.37. The van der Waals surface area contributed by atoms with Gasteiger partial charge in [0.15, 0.2) is 5.13 Å². The Bertz CT molecular complexity index is 463. The van der Waals surface area contributed by atoms with Gasteiger partial charge in [-0.3, -0.25) is 4.72 Å². The van der Waals surface area contributed by atoms with Gasteiger partial charge in [0.05, 0.1) is 11.4 Å². The second-order valence-electron chi connectivity index (χ2n) is 4.19. The monoisotopic (exact) mass is 261 g/mol. The van der Waals surface area contributed by atoms with Gasteiger partial charge < -0.3 is 5.73 Å². The summed E-state index contributed by atoms with van der Waals surface area (Å²) < 4.78 is 25.8. The van der Waals surface area contributed by atoms with Crippen LogP contribution in [0.5, 0.6) is 0 Å². The molecule has 1 aliphatic carbocycles. The highest BCUT2D eigenvalue weighted by Crippen LogP contribution is 2.31. The van der Waals surface area contributed by atoms with Crippen molar-refractivity contribution < 1.29 is 8.42 Å². The summed E-state index contributed by atoms with van der Waals surface area (Å²) in [5.74, 6) is 0.547. The Kier molecular flexibility index (Phi) is 3.18. The lowest BCUT2D eigenvalue weighted by atomic mass is 10.3. The molecule has 2 rings (SSSR count). The van der Waals surface area contributed by atoms with Crippen LogP contribution in [-0.4, -0.2) is 19.2 Å². The summed E-state index contributed by atoms with van der Waals surface area (Å²) >= 11 is 1.27. The van der Waals surface area contributed by atoms with Crippen molar-refractivity contribution in [2.75, 3.05) is 10.5 Å². The fourth-order valence-electron chi connectivity index (χ4n) is 1.31. The smallest absolute Gasteiger partial charge is 0.234 e. The van der Waals surface area contributed by atoms with Crippen molar-refractivity contribution in [1.82, 2.24) is 4.98 Å². The molecule has 0 aliphatic heterocycles. The SMILES string of the molecule is CC(N)c1csc(NS(=O)(=O)CC2CC2)n1. The molecule has 1 aromatic rings. The minimum absolute atomic E-state index is 0.169. The molecule has 0 amide bonds. The molecule has 0 radical (unpaired) electrons. The minimum Gasteiger partial charge on any atom is -0.323 e. The van der Waals surface area contributed by atoms with Gasteiger partial charge in [-0.25, -0.2) is 13.4 Å². The Morgan fingerprint density at radius 1 is 1.69 bits per heavy atom. The predicted octanol–water partition coefficient (Wildman–Crippen LogP) is 1.31. The van der Waals surface area contributed by atoms with Crippen LogP contribution in [-0.2, 0) is 10.0 Å². The third-order valence-corrected chi connectivity index (χ3v) is 4.70. The summed E-state index contributed by atoms with van der Waals surface area (Å²) in [7, 11) is -3.23. The number of anilines is 1. The average molecular weight is 261 g/mol. The number of sulfonamides is 1. The highest BCUT2D eigenvalue weighted by Gasteiger charge is 2.28. The quantitative estimate of drug-likeness (QED) is 0.837. The third-order valence-electron chi connectivity index (χ3n) is 2.38. The first-order valence-corrected chi connectivity index (χ1v) is 7.71. The third kappa shape index (κ3) is 3.16. The van der Waals surface area contributed by atoms with Crippen LogP contribution in [0.1, 0.15) is 31.5 Å². The standard InChI is InChI=1S/C9H15N3O2S2/c1-6(10)8-4-15-9(11-8)12-16(13,14)5-7-2-3-7/h4,6-7H,2-3,5,10H2,1H3,(H,11,12). The summed E-state index contributed by atoms with van der Waals surface area (Å²) in [5, 5.41) is 2.19. The van der Waals surface area contributed by atoms with Crippen LogP contribution in [0, 0.1) is 5.92 Å². The Labute approximate surface area is 99.1 Å². The summed E-state index contributed by atoms with van der Waals surface area (Å²) in [6.07, 6.45) is 2.04. The zero-order valence-electron chi connectivity index (χ0n) is 9.01. The van der Waals surface area contributed by atoms with E-state index in [2.05, 4.69) is 9.71 Å². The number of nitrogens with one attached hydrogen (secondary N) is 1. The molecule has 7 heteroatoms. The van der Waals surface area contributed by atoms with Gasteiger partial charge >= 0.3 is 0 Å². The zero-order chi connectivity index (χ0) is 11.8. The van der Waals surface area contributed by atoms with Gasteiger partial charge in [-0.15, -0.1) is 11.3 Å². The van der Waals surface area contributed by atoms with Gasteiger partial charge in [-0.05, 0) is 25.7 Å². The fourth-order valence-corrected chi connectivity index (χ4v) is 3.89. The lowest BCUT2D eigenvalue weighted by Gasteiger charge is -2.03. The molecule has 0 bridgehead atoms. The Balaban J connectivity index is 2.01. The van der Waals surface area contributed by atoms with E-state index in [1.807, 2.05) is 6.92 Å². The van der Waals surface area contributed by atoms with Crippen LogP contribution in [0.15, 0.2) is 5.38 Å². The van der Waals surface area contributed by atoms with Crippen LogP contribution in [0.2, 0.25) is 0 Å². The van der Waals surface area contributed by atoms with Crippen molar-refractivity contribution in [3.05, 3.63) is 11.1 Å². The minimum atomic E-state index is -3.23. The van der Waals surface area contributed by atoms with Crippen LogP contribution in [0.25, 0.3) is 0 Å². The second-order valence-corrected chi connectivity index (χ2v) is 6.82. The number of rotatable bonds is 5. The van der Waals surface area contributed by atoms with Crippen molar-refractivity contribution in [1.29, 1.82) is 0 Å². The fraction of sp³-hybridized carbons (Fsp3) is 0.667. The lowest BCUT2D eigenvalue weighted by Crippen LogP contribution is -2.17. The highest BCUT2D eigenvalue weighted by atomic mass is 32.2. The molecule has 3 N–H and O–H groups in total. The van der Waals surface area contributed by atoms with Gasteiger partial charge in [0.1, 0.15) is 0 Å². The average Bonchev–Trinajstić information content (AvgIpc) is 2.80. The number of thiazole rings is 1. The normalized spacial score (nSPS) is 18.4. The first kappa shape index (κ1) is 11.8. The van der Waals surface area contributed by atoms with E-state index in [-0.39, 0.29) is 11.8 Å². The molecule has 0 aromatic carbocycles. The molecule has 16 heavy (non-hydrogen) atoms. The highest BCUT2D eigenvalue weighted by molar-refractivity contribution is 7.92. The Hall–Kier alpha value is -0.660. The van der Waals surface area contributed by atoms with Crippen LogP contribution in [0.3, 0.4) is 0 Å². The molecule has 1 aliphatic rings. The molecule has 1 atom stereocenters. The molecule has 0 spiro atoms. The van der Waals surface area contributed by atoms with Crippen LogP contribution >= 0.6 is 11.3 Å². The molecule has 1 unspecified atom stereocenters. The van der Waals surface area contributed by atoms with Gasteiger partial charge in [0.2, 0.25) is 10.0 Å². The van der Waals surface area contributed by atoms with E-state index < -0.39 is 10.0 Å². The Morgan fingerprint density at radius 2 is 2.38 bits per heavy atom. The van der Waals surface area contributed by atoms with Gasteiger partial charge in [0, 0.05) is 11.4 Å². The van der Waals surface area contributed by atoms with E-state index in [4.69, 9.17) is 5.73 Å². The molecule has 0 saturated heterocycles. The topological polar surface area (TPSA) is 85.1 Å². The first-order chi connectivity index (χ1) is 7.46. The van der Waals surface area contributed by atoms with Crippen LogP contribution in [0.4, 0.5) is 5.13 Å². The van der Waals surface area contributed by atoms with E-state index in [1.165, 1.54) is 11.3 Å². The number of hydrogen-bond acceptors (Lipinski definition) is 5. The molecule has 1 saturated carbocycles. The predicted molar refractivity (Wildman–Crippen MR) is 64.8 cm³/mol. The number of hydrogen-bond donors (Lipinski definition) is 2. The van der Waals surface area contributed by atoms with E-state index in [0.29, 0.717) is 16.7 Å². The van der Waals surface area contributed by atoms with Crippen molar-refractivity contribution >= 4 is 26.5 Å². The second kappa shape index (κ2) is 4.31. The van der Waals surface area contributed by atoms with Crippen molar-refractivity contribution in [2.24, 2.45) is 11.7 Å². The summed E-state index contributed by atoms with van der Waals surface area (Å²) in [6, 6.07) is -0.169. The number of nitrogens with zero attached hydrogens (tertiary/aromatic N) is 1. The Morgan fingerprint density at radius 3 is 2.88 bits per heavy atom. The molecule has 1 aromatic heterocycles. The van der Waals surface area contributed by atoms with E-state index in [9.17, 15) is 8.42 Å². The zero-order valence-corrected chi connectivity index (χ0v) is 10.6. The summed E-state index contributed by atoms with van der Waals surface area (Å²) in [4.78, 5) is 4.13. The summed E-state index contributed by atoms with van der Waals surface area (Å²) in [6.45, 7) is 1.82.